The van der Waals surface area contributed by atoms with Crippen molar-refractivity contribution in [3.05, 3.63) is 113 Å². The van der Waals surface area contributed by atoms with E-state index in [1.165, 1.54) is 12.0 Å². The molecule has 0 N–H and O–H groups in total. The number of benzene rings is 4. The lowest BCUT2D eigenvalue weighted by atomic mass is 9.86. The molecule has 1 aliphatic rings. The van der Waals surface area contributed by atoms with Crippen molar-refractivity contribution in [2.75, 3.05) is 20.2 Å². The molecule has 1 aliphatic heterocycles. The normalized spacial score (nSPS) is 17.1. The Hall–Kier alpha value is -4.36. The molecular weight excluding hydrogens is 494 g/mol. The average molecular weight is 525 g/mol. The van der Waals surface area contributed by atoms with E-state index in [4.69, 9.17) is 14.2 Å². The number of carbonyl (C=O) groups is 2. The monoisotopic (exact) mass is 524 g/mol. The average Bonchev–Trinajstić information content (AvgIpc) is 2.98. The number of hydrogen-bond acceptors (Lipinski definition) is 6. The third-order valence-corrected chi connectivity index (χ3v) is 7.14. The summed E-state index contributed by atoms with van der Waals surface area (Å²) in [7, 11) is 1.35. The smallest absolute Gasteiger partial charge is 0.337 e. The van der Waals surface area contributed by atoms with Gasteiger partial charge in [0.2, 0.25) is 0 Å². The molecule has 0 aliphatic carbocycles. The van der Waals surface area contributed by atoms with Crippen molar-refractivity contribution >= 4 is 22.8 Å². The van der Waals surface area contributed by atoms with Gasteiger partial charge in [-0.15, -0.1) is 0 Å². The highest BCUT2D eigenvalue weighted by Crippen LogP contribution is 2.33. The fourth-order valence-corrected chi connectivity index (χ4v) is 5.12. The van der Waals surface area contributed by atoms with Crippen molar-refractivity contribution in [1.82, 2.24) is 4.90 Å². The maximum Gasteiger partial charge on any atom is 0.337 e. The molecule has 0 saturated carbocycles. The number of methoxy groups -OCH3 is 1. The van der Waals surface area contributed by atoms with E-state index >= 15 is 0 Å². The van der Waals surface area contributed by atoms with Gasteiger partial charge in [-0.1, -0.05) is 66.7 Å². The molecule has 1 heterocycles. The zero-order valence-electron chi connectivity index (χ0n) is 21.7. The van der Waals surface area contributed by atoms with Crippen molar-refractivity contribution in [3.8, 4) is 5.75 Å². The van der Waals surface area contributed by atoms with Gasteiger partial charge in [0, 0.05) is 24.4 Å². The minimum Gasteiger partial charge on any atom is -0.530 e. The number of rotatable bonds is 8. The van der Waals surface area contributed by atoms with Gasteiger partial charge in [-0.2, -0.15) is 0 Å². The Labute approximate surface area is 227 Å². The first-order valence-electron chi connectivity index (χ1n) is 13.0. The highest BCUT2D eigenvalue weighted by Gasteiger charge is 2.32. The SMILES string of the molecule is COC(=O)c1cccc(C2CCN(C(=O)[O-])CC2OCc2cc(OCc3ccccc3)c3ccccc3c2)c1. The Bertz CT molecular complexity index is 1450. The van der Waals surface area contributed by atoms with Crippen LogP contribution in [0, 0.1) is 0 Å². The van der Waals surface area contributed by atoms with E-state index in [9.17, 15) is 14.7 Å². The number of likely N-dealkylation sites (tertiary alicyclic amines) is 1. The molecule has 0 radical (unpaired) electrons. The van der Waals surface area contributed by atoms with Crippen LogP contribution in [0.5, 0.6) is 5.75 Å². The number of carboxylic acid groups (broad SMARTS) is 1. The topological polar surface area (TPSA) is 88.1 Å². The van der Waals surface area contributed by atoms with Gasteiger partial charge in [0.25, 0.3) is 0 Å². The molecule has 5 rings (SSSR count). The first-order chi connectivity index (χ1) is 19.0. The lowest BCUT2D eigenvalue weighted by Crippen LogP contribution is -2.51. The number of ether oxygens (including phenoxy) is 3. The number of nitrogens with zero attached hydrogens (tertiary/aromatic N) is 1. The van der Waals surface area contributed by atoms with Gasteiger partial charge in [-0.05, 0) is 52.8 Å². The molecule has 4 aromatic rings. The van der Waals surface area contributed by atoms with Crippen molar-refractivity contribution in [2.24, 2.45) is 0 Å². The van der Waals surface area contributed by atoms with E-state index < -0.39 is 18.2 Å². The predicted molar refractivity (Wildman–Crippen MR) is 145 cm³/mol. The molecule has 2 unspecified atom stereocenters. The molecule has 1 amide bonds. The molecule has 39 heavy (non-hydrogen) atoms. The molecule has 0 bridgehead atoms. The second-order valence-electron chi connectivity index (χ2n) is 9.66. The molecule has 7 nitrogen and oxygen atoms in total. The standard InChI is InChI=1S/C32H31NO6/c1-37-31(34)26-12-7-11-25(18-26)28-14-15-33(32(35)36)19-30(28)39-21-23-16-24-10-5-6-13-27(24)29(17-23)38-20-22-8-3-2-4-9-22/h2-13,16-18,28,30H,14-15,19-21H2,1H3,(H,35,36)/p-1. The van der Waals surface area contributed by atoms with Crippen molar-refractivity contribution < 1.29 is 28.9 Å². The summed E-state index contributed by atoms with van der Waals surface area (Å²) in [5.41, 5.74) is 3.35. The summed E-state index contributed by atoms with van der Waals surface area (Å²) in [4.78, 5) is 25.0. The fourth-order valence-electron chi connectivity index (χ4n) is 5.12. The molecule has 1 saturated heterocycles. The van der Waals surface area contributed by atoms with Crippen LogP contribution < -0.4 is 9.84 Å². The minimum atomic E-state index is -1.22. The Kier molecular flexibility index (Phi) is 8.08. The molecule has 1 fully saturated rings. The second kappa shape index (κ2) is 12.0. The zero-order valence-corrected chi connectivity index (χ0v) is 21.7. The summed E-state index contributed by atoms with van der Waals surface area (Å²) in [6.07, 6.45) is -1.09. The summed E-state index contributed by atoms with van der Waals surface area (Å²) in [5.74, 6) is 0.248. The van der Waals surface area contributed by atoms with Crippen molar-refractivity contribution in [1.29, 1.82) is 0 Å². The van der Waals surface area contributed by atoms with Gasteiger partial charge in [-0.3, -0.25) is 0 Å². The highest BCUT2D eigenvalue weighted by atomic mass is 16.5. The Balaban J connectivity index is 1.38. The number of amides is 1. The maximum absolute atomic E-state index is 12.1. The Morgan fingerprint density at radius 3 is 2.49 bits per heavy atom. The molecule has 200 valence electrons. The van der Waals surface area contributed by atoms with Crippen LogP contribution in [0.25, 0.3) is 10.8 Å². The summed E-state index contributed by atoms with van der Waals surface area (Å²) in [6.45, 7) is 1.23. The molecule has 4 aromatic carbocycles. The van der Waals surface area contributed by atoms with E-state index in [2.05, 4.69) is 6.07 Å². The van der Waals surface area contributed by atoms with Gasteiger partial charge in [0.15, 0.2) is 0 Å². The van der Waals surface area contributed by atoms with Crippen LogP contribution >= 0.6 is 0 Å². The Morgan fingerprint density at radius 1 is 0.897 bits per heavy atom. The molecular formula is C32H30NO6-. The highest BCUT2D eigenvalue weighted by molar-refractivity contribution is 5.90. The van der Waals surface area contributed by atoms with E-state index in [1.807, 2.05) is 72.8 Å². The molecule has 2 atom stereocenters. The first kappa shape index (κ1) is 26.3. The predicted octanol–water partition coefficient (Wildman–Crippen LogP) is 4.92. The van der Waals surface area contributed by atoms with Gasteiger partial charge >= 0.3 is 5.97 Å². The third-order valence-electron chi connectivity index (χ3n) is 7.14. The van der Waals surface area contributed by atoms with Crippen LogP contribution in [0.1, 0.15) is 39.4 Å². The van der Waals surface area contributed by atoms with Crippen LogP contribution in [0.15, 0.2) is 91.0 Å². The van der Waals surface area contributed by atoms with E-state index in [-0.39, 0.29) is 19.1 Å². The van der Waals surface area contributed by atoms with Gasteiger partial charge in [0.1, 0.15) is 18.4 Å². The number of piperidine rings is 1. The van der Waals surface area contributed by atoms with Crippen molar-refractivity contribution in [3.63, 3.8) is 0 Å². The number of hydrogen-bond donors (Lipinski definition) is 0. The minimum absolute atomic E-state index is 0.0977. The van der Waals surface area contributed by atoms with E-state index in [1.54, 1.807) is 12.1 Å². The van der Waals surface area contributed by atoms with Crippen LogP contribution in [0.4, 0.5) is 4.79 Å². The van der Waals surface area contributed by atoms with E-state index in [0.717, 1.165) is 33.2 Å². The maximum atomic E-state index is 12.1. The lowest BCUT2D eigenvalue weighted by molar-refractivity contribution is -0.268. The summed E-state index contributed by atoms with van der Waals surface area (Å²) < 4.78 is 17.5. The van der Waals surface area contributed by atoms with E-state index in [0.29, 0.717) is 25.1 Å². The van der Waals surface area contributed by atoms with Crippen LogP contribution in [0.3, 0.4) is 0 Å². The number of carbonyl (C=O) groups excluding carboxylic acids is 2. The van der Waals surface area contributed by atoms with Crippen LogP contribution in [-0.4, -0.2) is 43.3 Å². The summed E-state index contributed by atoms with van der Waals surface area (Å²) >= 11 is 0. The van der Waals surface area contributed by atoms with Gasteiger partial charge in [0.05, 0.1) is 25.4 Å². The summed E-state index contributed by atoms with van der Waals surface area (Å²) in [5, 5.41) is 13.7. The lowest BCUT2D eigenvalue weighted by Gasteiger charge is -2.40. The summed E-state index contributed by atoms with van der Waals surface area (Å²) in [6, 6.07) is 29.3. The molecule has 0 aromatic heterocycles. The first-order valence-corrected chi connectivity index (χ1v) is 13.0. The molecule has 7 heteroatoms. The quantitative estimate of drug-likeness (QED) is 0.304. The zero-order chi connectivity index (χ0) is 27.2. The van der Waals surface area contributed by atoms with Gasteiger partial charge < -0.3 is 29.0 Å². The number of esters is 1. The van der Waals surface area contributed by atoms with Gasteiger partial charge in [-0.25, -0.2) is 4.79 Å². The third kappa shape index (κ3) is 6.21. The largest absolute Gasteiger partial charge is 0.530 e. The molecule has 0 spiro atoms. The Morgan fingerprint density at radius 2 is 1.69 bits per heavy atom. The second-order valence-corrected chi connectivity index (χ2v) is 9.66. The fraction of sp³-hybridized carbons (Fsp3) is 0.250. The number of fused-ring (bicyclic) bond motifs is 1. The van der Waals surface area contributed by atoms with Crippen molar-refractivity contribution in [2.45, 2.75) is 31.7 Å². The van der Waals surface area contributed by atoms with Crippen LogP contribution in [0.2, 0.25) is 0 Å². The van der Waals surface area contributed by atoms with Crippen LogP contribution in [-0.2, 0) is 22.7 Å².